The lowest BCUT2D eigenvalue weighted by molar-refractivity contribution is -0.127. The Morgan fingerprint density at radius 2 is 1.45 bits per heavy atom. The Hall–Kier alpha value is -2.84. The van der Waals surface area contributed by atoms with Gasteiger partial charge in [0.1, 0.15) is 18.0 Å². The number of aromatic nitrogens is 2. The third-order valence-electron chi connectivity index (χ3n) is 5.68. The summed E-state index contributed by atoms with van der Waals surface area (Å²) in [6, 6.07) is 12.1. The second-order valence-corrected chi connectivity index (χ2v) is 14.2. The topological polar surface area (TPSA) is 106 Å². The van der Waals surface area contributed by atoms with Gasteiger partial charge in [0.2, 0.25) is 5.78 Å². The monoisotopic (exact) mass is 572 g/mol. The van der Waals surface area contributed by atoms with Gasteiger partial charge >= 0.3 is 7.82 Å². The molecule has 0 saturated carbocycles. The normalized spacial score (nSPS) is 13.1. The van der Waals surface area contributed by atoms with E-state index in [-0.39, 0.29) is 30.4 Å². The highest BCUT2D eigenvalue weighted by Gasteiger charge is 2.37. The maximum atomic E-state index is 13.5. The van der Waals surface area contributed by atoms with E-state index in [4.69, 9.17) is 18.3 Å². The average Bonchev–Trinajstić information content (AvgIpc) is 3.17. The van der Waals surface area contributed by atoms with Crippen molar-refractivity contribution in [3.63, 3.8) is 0 Å². The minimum atomic E-state index is -3.88. The van der Waals surface area contributed by atoms with Gasteiger partial charge in [-0.1, -0.05) is 45.0 Å². The molecule has 1 aromatic heterocycles. The number of phosphoric acid groups is 1. The van der Waals surface area contributed by atoms with Gasteiger partial charge in [-0.3, -0.25) is 27.8 Å². The molecule has 0 radical (unpaired) electrons. The van der Waals surface area contributed by atoms with E-state index in [0.29, 0.717) is 27.8 Å². The largest absolute Gasteiger partial charge is 0.497 e. The van der Waals surface area contributed by atoms with Gasteiger partial charge in [0.25, 0.3) is 0 Å². The highest BCUT2D eigenvalue weighted by atomic mass is 31.2. The van der Waals surface area contributed by atoms with Crippen LogP contribution in [0.3, 0.4) is 0 Å². The van der Waals surface area contributed by atoms with E-state index < -0.39 is 24.4 Å². The van der Waals surface area contributed by atoms with Crippen molar-refractivity contribution in [2.24, 2.45) is 5.41 Å². The molecule has 218 valence electrons. The number of methoxy groups -OCH3 is 1. The zero-order chi connectivity index (χ0) is 30.1. The summed E-state index contributed by atoms with van der Waals surface area (Å²) in [5.74, 6) is 0.303. The smallest absolute Gasteiger partial charge is 0.476 e. The third kappa shape index (κ3) is 8.33. The van der Waals surface area contributed by atoms with Crippen LogP contribution in [0.4, 0.5) is 0 Å². The average molecular weight is 573 g/mol. The van der Waals surface area contributed by atoms with Gasteiger partial charge in [-0.15, -0.1) is 0 Å². The number of carbonyl (C=O) groups is 2. The van der Waals surface area contributed by atoms with Crippen LogP contribution in [0.5, 0.6) is 5.75 Å². The van der Waals surface area contributed by atoms with Crippen LogP contribution in [0.15, 0.2) is 42.5 Å². The number of ether oxygens (including phenoxy) is 1. The number of rotatable bonds is 10. The van der Waals surface area contributed by atoms with E-state index in [1.807, 2.05) is 20.8 Å². The lowest BCUT2D eigenvalue weighted by Gasteiger charge is -2.30. The van der Waals surface area contributed by atoms with Gasteiger partial charge in [0.05, 0.1) is 30.4 Å². The van der Waals surface area contributed by atoms with Crippen molar-refractivity contribution in [1.82, 2.24) is 9.78 Å². The summed E-state index contributed by atoms with van der Waals surface area (Å²) in [5, 5.41) is 5.17. The van der Waals surface area contributed by atoms with Crippen LogP contribution in [0.25, 0.3) is 10.9 Å². The maximum absolute atomic E-state index is 13.5. The third-order valence-corrected chi connectivity index (χ3v) is 7.67. The van der Waals surface area contributed by atoms with Crippen molar-refractivity contribution in [1.29, 1.82) is 0 Å². The van der Waals surface area contributed by atoms with E-state index in [1.165, 1.54) is 0 Å². The molecular weight excluding hydrogens is 531 g/mol. The van der Waals surface area contributed by atoms with Gasteiger partial charge in [-0.25, -0.2) is 4.57 Å². The SMILES string of the molecule is COc1ccc2c(C(=O)c3ccc(COP(=O)(OC(C)(C)C)OC(C)(C)C)cc3)nn(CC(=O)C(C)(C)C)c2c1. The second kappa shape index (κ2) is 11.6. The van der Waals surface area contributed by atoms with Crippen LogP contribution in [0.1, 0.15) is 83.9 Å². The Kier molecular flexibility index (Phi) is 9.16. The standard InChI is InChI=1S/C30H41N2O7P/c1-28(2,3)25(33)18-32-24-17-22(36-10)15-16-23(24)26(31-32)27(34)21-13-11-20(12-14-21)19-37-40(35,38-29(4,5)6)39-30(7,8)9/h11-17H,18-19H2,1-10H3. The molecule has 0 N–H and O–H groups in total. The molecule has 0 spiro atoms. The molecule has 0 bridgehead atoms. The predicted octanol–water partition coefficient (Wildman–Crippen LogP) is 7.15. The highest BCUT2D eigenvalue weighted by molar-refractivity contribution is 7.48. The number of hydrogen-bond acceptors (Lipinski definition) is 8. The van der Waals surface area contributed by atoms with Crippen molar-refractivity contribution in [2.75, 3.05) is 7.11 Å². The Morgan fingerprint density at radius 1 is 0.875 bits per heavy atom. The van der Waals surface area contributed by atoms with Crippen molar-refractivity contribution in [3.8, 4) is 5.75 Å². The molecule has 0 atom stereocenters. The van der Waals surface area contributed by atoms with Gasteiger partial charge in [-0.05, 0) is 59.2 Å². The van der Waals surface area contributed by atoms with Crippen LogP contribution in [-0.2, 0) is 36.1 Å². The number of phosphoric ester groups is 1. The molecule has 2 aromatic carbocycles. The summed E-state index contributed by atoms with van der Waals surface area (Å²) in [6.07, 6.45) is 0. The second-order valence-electron chi connectivity index (χ2n) is 12.7. The first kappa shape index (κ1) is 31.7. The van der Waals surface area contributed by atoms with Gasteiger partial charge in [0.15, 0.2) is 5.78 Å². The first-order valence-electron chi connectivity index (χ1n) is 13.2. The molecule has 0 fully saturated rings. The molecule has 10 heteroatoms. The van der Waals surface area contributed by atoms with E-state index in [2.05, 4.69) is 5.10 Å². The molecule has 40 heavy (non-hydrogen) atoms. The molecule has 1 heterocycles. The van der Waals surface area contributed by atoms with Crippen molar-refractivity contribution in [2.45, 2.75) is 86.7 Å². The highest BCUT2D eigenvalue weighted by Crippen LogP contribution is 2.55. The maximum Gasteiger partial charge on any atom is 0.476 e. The van der Waals surface area contributed by atoms with Crippen LogP contribution < -0.4 is 4.74 Å². The predicted molar refractivity (Wildman–Crippen MR) is 155 cm³/mol. The number of benzene rings is 2. The van der Waals surface area contributed by atoms with E-state index in [9.17, 15) is 14.2 Å². The molecular formula is C30H41N2O7P. The van der Waals surface area contributed by atoms with Crippen LogP contribution in [0.2, 0.25) is 0 Å². The van der Waals surface area contributed by atoms with Gasteiger partial charge in [-0.2, -0.15) is 5.10 Å². The zero-order valence-electron chi connectivity index (χ0n) is 25.2. The molecule has 0 aliphatic heterocycles. The summed E-state index contributed by atoms with van der Waals surface area (Å²) < 4.78 is 37.2. The molecule has 3 aromatic rings. The lowest BCUT2D eigenvalue weighted by Crippen LogP contribution is -2.25. The summed E-state index contributed by atoms with van der Waals surface area (Å²) in [5.41, 5.74) is -0.0751. The summed E-state index contributed by atoms with van der Waals surface area (Å²) >= 11 is 0. The van der Waals surface area contributed by atoms with E-state index >= 15 is 0 Å². The molecule has 9 nitrogen and oxygen atoms in total. The molecule has 0 aliphatic rings. The number of ketones is 2. The number of nitrogens with zero attached hydrogens (tertiary/aromatic N) is 2. The number of carbonyl (C=O) groups excluding carboxylic acids is 2. The lowest BCUT2D eigenvalue weighted by atomic mass is 9.91. The molecule has 0 aliphatic carbocycles. The Balaban J connectivity index is 1.86. The van der Waals surface area contributed by atoms with Gasteiger partial charge < -0.3 is 4.74 Å². The molecule has 3 rings (SSSR count). The summed E-state index contributed by atoms with van der Waals surface area (Å²) in [4.78, 5) is 26.3. The first-order valence-corrected chi connectivity index (χ1v) is 14.6. The fraction of sp³-hybridized carbons (Fsp3) is 0.500. The van der Waals surface area contributed by atoms with Crippen LogP contribution in [0, 0.1) is 5.41 Å². The van der Waals surface area contributed by atoms with Gasteiger partial charge in [0, 0.05) is 22.4 Å². The summed E-state index contributed by atoms with van der Waals surface area (Å²) in [6.45, 7) is 16.2. The Morgan fingerprint density at radius 3 is 1.95 bits per heavy atom. The molecule has 0 unspecified atom stereocenters. The Labute approximate surface area is 236 Å². The van der Waals surface area contributed by atoms with Crippen LogP contribution in [-0.4, -0.2) is 39.7 Å². The summed E-state index contributed by atoms with van der Waals surface area (Å²) in [7, 11) is -2.32. The molecule has 0 amide bonds. The van der Waals surface area contributed by atoms with Crippen molar-refractivity contribution < 1.29 is 32.5 Å². The van der Waals surface area contributed by atoms with E-state index in [1.54, 1.807) is 95.8 Å². The fourth-order valence-electron chi connectivity index (χ4n) is 3.73. The van der Waals surface area contributed by atoms with Crippen LogP contribution >= 0.6 is 7.82 Å². The van der Waals surface area contributed by atoms with E-state index in [0.717, 1.165) is 0 Å². The number of fused-ring (bicyclic) bond motifs is 1. The quantitative estimate of drug-likeness (QED) is 0.186. The van der Waals surface area contributed by atoms with Crippen molar-refractivity contribution in [3.05, 3.63) is 59.3 Å². The minimum Gasteiger partial charge on any atom is -0.497 e. The first-order chi connectivity index (χ1) is 18.3. The number of hydrogen-bond donors (Lipinski definition) is 0. The minimum absolute atomic E-state index is 0.00811. The fourth-order valence-corrected chi connectivity index (χ4v) is 5.52. The zero-order valence-corrected chi connectivity index (χ0v) is 26.0. The molecule has 0 saturated heterocycles. The van der Waals surface area contributed by atoms with Crippen molar-refractivity contribution >= 4 is 30.3 Å². The Bertz CT molecular complexity index is 1400. The number of Topliss-reactive ketones (excluding diaryl/α,β-unsaturated/α-hetero) is 1.